The number of nitrogens with zero attached hydrogens (tertiary/aromatic N) is 2. The van der Waals surface area contributed by atoms with Crippen molar-refractivity contribution in [3.63, 3.8) is 0 Å². The third-order valence-electron chi connectivity index (χ3n) is 4.98. The van der Waals surface area contributed by atoms with E-state index in [2.05, 4.69) is 16.3 Å². The standard InChI is InChI=1S/C22H25Cl2N3O2/c1-26(2)14-16-7-4-3-6-15(16)13-25-21(28)20-8-5-9-27(20)22(29)17-10-18(23)12-19(24)11-17/h3-4,6-7,10-12,20H,5,8-9,13-14H2,1-2H3,(H,25,28). The van der Waals surface area contributed by atoms with Gasteiger partial charge in [0.2, 0.25) is 5.91 Å². The van der Waals surface area contributed by atoms with Crippen molar-refractivity contribution in [3.05, 3.63) is 69.2 Å². The van der Waals surface area contributed by atoms with Gasteiger partial charge in [0.05, 0.1) is 0 Å². The van der Waals surface area contributed by atoms with Crippen LogP contribution in [0.4, 0.5) is 0 Å². The van der Waals surface area contributed by atoms with E-state index in [-0.39, 0.29) is 11.8 Å². The summed E-state index contributed by atoms with van der Waals surface area (Å²) in [5, 5.41) is 3.81. The zero-order chi connectivity index (χ0) is 21.0. The number of carbonyl (C=O) groups is 2. The van der Waals surface area contributed by atoms with Crippen LogP contribution in [0.15, 0.2) is 42.5 Å². The van der Waals surface area contributed by atoms with Crippen LogP contribution in [0.2, 0.25) is 10.0 Å². The van der Waals surface area contributed by atoms with Crippen LogP contribution in [0.5, 0.6) is 0 Å². The summed E-state index contributed by atoms with van der Waals surface area (Å²) < 4.78 is 0. The molecule has 1 aliphatic rings. The Kier molecular flexibility index (Phi) is 7.17. The lowest BCUT2D eigenvalue weighted by Gasteiger charge is -2.24. The molecule has 1 atom stereocenters. The van der Waals surface area contributed by atoms with Crippen LogP contribution < -0.4 is 5.32 Å². The van der Waals surface area contributed by atoms with Crippen molar-refractivity contribution in [2.75, 3.05) is 20.6 Å². The molecule has 0 bridgehead atoms. The fraction of sp³-hybridized carbons (Fsp3) is 0.364. The number of halogens is 2. The van der Waals surface area contributed by atoms with Gasteiger partial charge in [-0.15, -0.1) is 0 Å². The minimum absolute atomic E-state index is 0.136. The van der Waals surface area contributed by atoms with Gasteiger partial charge in [-0.25, -0.2) is 0 Å². The molecular formula is C22H25Cl2N3O2. The maximum atomic E-state index is 12.9. The molecule has 1 aliphatic heterocycles. The van der Waals surface area contributed by atoms with Crippen LogP contribution in [0.1, 0.15) is 34.3 Å². The van der Waals surface area contributed by atoms with E-state index in [1.165, 1.54) is 5.56 Å². The minimum atomic E-state index is -0.485. The minimum Gasteiger partial charge on any atom is -0.350 e. The number of benzene rings is 2. The summed E-state index contributed by atoms with van der Waals surface area (Å²) >= 11 is 12.1. The summed E-state index contributed by atoms with van der Waals surface area (Å²) in [4.78, 5) is 29.5. The van der Waals surface area contributed by atoms with Gasteiger partial charge in [-0.3, -0.25) is 9.59 Å². The fourth-order valence-corrected chi connectivity index (χ4v) is 4.18. The summed E-state index contributed by atoms with van der Waals surface area (Å²) in [7, 11) is 4.03. The van der Waals surface area contributed by atoms with Gasteiger partial charge in [-0.1, -0.05) is 47.5 Å². The molecule has 0 aromatic heterocycles. The monoisotopic (exact) mass is 433 g/mol. The molecule has 1 heterocycles. The second kappa shape index (κ2) is 9.61. The zero-order valence-electron chi connectivity index (χ0n) is 16.6. The Morgan fingerprint density at radius 2 is 1.76 bits per heavy atom. The topological polar surface area (TPSA) is 52.7 Å². The summed E-state index contributed by atoms with van der Waals surface area (Å²) in [6.07, 6.45) is 1.43. The van der Waals surface area contributed by atoms with Crippen LogP contribution in [-0.2, 0) is 17.9 Å². The molecule has 29 heavy (non-hydrogen) atoms. The van der Waals surface area contributed by atoms with Gasteiger partial charge in [-0.2, -0.15) is 0 Å². The Labute approximate surface area is 181 Å². The number of likely N-dealkylation sites (tertiary alicyclic amines) is 1. The van der Waals surface area contributed by atoms with Gasteiger partial charge in [0.25, 0.3) is 5.91 Å². The highest BCUT2D eigenvalue weighted by molar-refractivity contribution is 6.35. The third kappa shape index (κ3) is 5.50. The van der Waals surface area contributed by atoms with E-state index < -0.39 is 6.04 Å². The molecule has 2 aromatic rings. The predicted octanol–water partition coefficient (Wildman–Crippen LogP) is 3.98. The smallest absolute Gasteiger partial charge is 0.254 e. The van der Waals surface area contributed by atoms with Gasteiger partial charge in [0.15, 0.2) is 0 Å². The Balaban J connectivity index is 1.68. The number of nitrogens with one attached hydrogen (secondary N) is 1. The Morgan fingerprint density at radius 1 is 1.10 bits per heavy atom. The van der Waals surface area contributed by atoms with Crippen LogP contribution in [-0.4, -0.2) is 48.3 Å². The first-order valence-electron chi connectivity index (χ1n) is 9.61. The van der Waals surface area contributed by atoms with Crippen LogP contribution in [0, 0.1) is 0 Å². The highest BCUT2D eigenvalue weighted by Gasteiger charge is 2.34. The number of rotatable bonds is 6. The molecule has 1 saturated heterocycles. The van der Waals surface area contributed by atoms with Crippen LogP contribution >= 0.6 is 23.2 Å². The van der Waals surface area contributed by atoms with Gasteiger partial charge < -0.3 is 15.1 Å². The van der Waals surface area contributed by atoms with E-state index in [1.54, 1.807) is 23.1 Å². The van der Waals surface area contributed by atoms with Crippen molar-refractivity contribution in [1.82, 2.24) is 15.1 Å². The summed E-state index contributed by atoms with van der Waals surface area (Å²) in [5.74, 6) is -0.358. The second-order valence-electron chi connectivity index (χ2n) is 7.54. The molecule has 0 saturated carbocycles. The fourth-order valence-electron chi connectivity index (χ4n) is 3.65. The van der Waals surface area contributed by atoms with Crippen molar-refractivity contribution in [2.24, 2.45) is 0 Å². The first-order chi connectivity index (χ1) is 13.8. The first kappa shape index (κ1) is 21.6. The van der Waals surface area contributed by atoms with Crippen LogP contribution in [0.3, 0.4) is 0 Å². The Morgan fingerprint density at radius 3 is 2.41 bits per heavy atom. The first-order valence-corrected chi connectivity index (χ1v) is 10.4. The molecule has 2 amide bonds. The second-order valence-corrected chi connectivity index (χ2v) is 8.41. The molecular weight excluding hydrogens is 409 g/mol. The molecule has 1 unspecified atom stereocenters. The number of hydrogen-bond donors (Lipinski definition) is 1. The summed E-state index contributed by atoms with van der Waals surface area (Å²) in [6, 6.07) is 12.3. The Hall–Kier alpha value is -2.08. The van der Waals surface area contributed by atoms with Gasteiger partial charge in [0.1, 0.15) is 6.04 Å². The van der Waals surface area contributed by atoms with Crippen molar-refractivity contribution in [1.29, 1.82) is 0 Å². The predicted molar refractivity (Wildman–Crippen MR) is 116 cm³/mol. The van der Waals surface area contributed by atoms with Crippen LogP contribution in [0.25, 0.3) is 0 Å². The molecule has 154 valence electrons. The van der Waals surface area contributed by atoms with Crippen molar-refractivity contribution in [2.45, 2.75) is 32.0 Å². The van der Waals surface area contributed by atoms with E-state index in [9.17, 15) is 9.59 Å². The summed E-state index contributed by atoms with van der Waals surface area (Å²) in [6.45, 7) is 1.78. The average Bonchev–Trinajstić information content (AvgIpc) is 3.15. The molecule has 3 rings (SSSR count). The Bertz CT molecular complexity index is 881. The normalized spacial score (nSPS) is 16.3. The van der Waals surface area contributed by atoms with E-state index in [4.69, 9.17) is 23.2 Å². The van der Waals surface area contributed by atoms with E-state index in [0.717, 1.165) is 18.5 Å². The van der Waals surface area contributed by atoms with E-state index >= 15 is 0 Å². The zero-order valence-corrected chi connectivity index (χ0v) is 18.1. The maximum absolute atomic E-state index is 12.9. The average molecular weight is 434 g/mol. The molecule has 0 aliphatic carbocycles. The molecule has 1 fully saturated rings. The van der Waals surface area contributed by atoms with E-state index in [1.807, 2.05) is 32.3 Å². The highest BCUT2D eigenvalue weighted by atomic mass is 35.5. The molecule has 5 nitrogen and oxygen atoms in total. The lowest BCUT2D eigenvalue weighted by molar-refractivity contribution is -0.125. The third-order valence-corrected chi connectivity index (χ3v) is 5.42. The number of carbonyl (C=O) groups excluding carboxylic acids is 2. The molecule has 2 aromatic carbocycles. The van der Waals surface area contributed by atoms with Gasteiger partial charge >= 0.3 is 0 Å². The largest absolute Gasteiger partial charge is 0.350 e. The highest BCUT2D eigenvalue weighted by Crippen LogP contribution is 2.24. The van der Waals surface area contributed by atoms with E-state index in [0.29, 0.717) is 35.1 Å². The summed E-state index contributed by atoms with van der Waals surface area (Å²) in [5.41, 5.74) is 2.65. The number of hydrogen-bond acceptors (Lipinski definition) is 3. The molecule has 7 heteroatoms. The van der Waals surface area contributed by atoms with Crippen molar-refractivity contribution < 1.29 is 9.59 Å². The van der Waals surface area contributed by atoms with Gasteiger partial charge in [-0.05, 0) is 56.3 Å². The number of amides is 2. The van der Waals surface area contributed by atoms with Gasteiger partial charge in [0, 0.05) is 35.2 Å². The lowest BCUT2D eigenvalue weighted by Crippen LogP contribution is -2.45. The quantitative estimate of drug-likeness (QED) is 0.749. The lowest BCUT2D eigenvalue weighted by atomic mass is 10.1. The SMILES string of the molecule is CN(C)Cc1ccccc1CNC(=O)C1CCCN1C(=O)c1cc(Cl)cc(Cl)c1. The van der Waals surface area contributed by atoms with Crippen molar-refractivity contribution >= 4 is 35.0 Å². The maximum Gasteiger partial charge on any atom is 0.254 e. The molecule has 1 N–H and O–H groups in total. The molecule has 0 radical (unpaired) electrons. The molecule has 0 spiro atoms. The van der Waals surface area contributed by atoms with Crippen molar-refractivity contribution in [3.8, 4) is 0 Å².